The molecule has 0 saturated heterocycles. The monoisotopic (exact) mass is 332 g/mol. The van der Waals surface area contributed by atoms with E-state index in [9.17, 15) is 0 Å². The Morgan fingerprint density at radius 3 is 2.72 bits per heavy atom. The van der Waals surface area contributed by atoms with Crippen molar-refractivity contribution in [2.24, 2.45) is 5.73 Å². The maximum atomic E-state index is 5.90. The van der Waals surface area contributed by atoms with Gasteiger partial charge in [-0.2, -0.15) is 0 Å². The molecular formula is C14H25BrN2S. The van der Waals surface area contributed by atoms with Crippen molar-refractivity contribution in [1.29, 1.82) is 0 Å². The molecule has 1 rings (SSSR count). The van der Waals surface area contributed by atoms with Gasteiger partial charge in [-0.1, -0.05) is 32.6 Å². The van der Waals surface area contributed by atoms with Crippen molar-refractivity contribution < 1.29 is 0 Å². The molecule has 0 bridgehead atoms. The lowest BCUT2D eigenvalue weighted by Crippen LogP contribution is -2.37. The molecule has 0 saturated carbocycles. The first-order valence-electron chi connectivity index (χ1n) is 6.80. The number of likely N-dealkylation sites (N-methyl/N-ethyl adjacent to an activating group) is 1. The SMILES string of the molecule is CCCCCCC(CN)N(C)Cc1cc(Br)cs1. The number of hydrogen-bond acceptors (Lipinski definition) is 3. The highest BCUT2D eigenvalue weighted by atomic mass is 79.9. The molecule has 104 valence electrons. The van der Waals surface area contributed by atoms with Crippen molar-refractivity contribution >= 4 is 27.3 Å². The van der Waals surface area contributed by atoms with Crippen LogP contribution in [-0.2, 0) is 6.54 Å². The lowest BCUT2D eigenvalue weighted by atomic mass is 10.1. The van der Waals surface area contributed by atoms with E-state index < -0.39 is 0 Å². The Kier molecular flexibility index (Phi) is 8.15. The first-order chi connectivity index (χ1) is 8.67. The zero-order valence-electron chi connectivity index (χ0n) is 11.5. The van der Waals surface area contributed by atoms with E-state index in [0.717, 1.165) is 13.1 Å². The van der Waals surface area contributed by atoms with Gasteiger partial charge >= 0.3 is 0 Å². The van der Waals surface area contributed by atoms with Crippen molar-refractivity contribution in [3.05, 3.63) is 20.8 Å². The highest BCUT2D eigenvalue weighted by molar-refractivity contribution is 9.10. The van der Waals surface area contributed by atoms with Crippen LogP contribution in [0.1, 0.15) is 43.9 Å². The molecule has 0 aliphatic rings. The number of rotatable bonds is 9. The molecule has 1 atom stereocenters. The van der Waals surface area contributed by atoms with E-state index in [-0.39, 0.29) is 0 Å². The lowest BCUT2D eigenvalue weighted by molar-refractivity contribution is 0.224. The lowest BCUT2D eigenvalue weighted by Gasteiger charge is -2.26. The fourth-order valence-electron chi connectivity index (χ4n) is 2.14. The van der Waals surface area contributed by atoms with Crippen LogP contribution in [0.2, 0.25) is 0 Å². The Morgan fingerprint density at radius 1 is 1.39 bits per heavy atom. The second kappa shape index (κ2) is 9.08. The van der Waals surface area contributed by atoms with Crippen LogP contribution in [0, 0.1) is 0 Å². The molecule has 1 aromatic heterocycles. The molecule has 1 unspecified atom stereocenters. The van der Waals surface area contributed by atoms with Gasteiger partial charge in [-0.05, 0) is 35.5 Å². The van der Waals surface area contributed by atoms with Crippen LogP contribution in [0.4, 0.5) is 0 Å². The van der Waals surface area contributed by atoms with Crippen LogP contribution >= 0.6 is 27.3 Å². The summed E-state index contributed by atoms with van der Waals surface area (Å²) in [6.45, 7) is 4.02. The zero-order chi connectivity index (χ0) is 13.4. The van der Waals surface area contributed by atoms with Gasteiger partial charge < -0.3 is 5.73 Å². The van der Waals surface area contributed by atoms with Gasteiger partial charge in [0.05, 0.1) is 0 Å². The van der Waals surface area contributed by atoms with Crippen molar-refractivity contribution in [3.8, 4) is 0 Å². The van der Waals surface area contributed by atoms with Crippen LogP contribution < -0.4 is 5.73 Å². The fraction of sp³-hybridized carbons (Fsp3) is 0.714. The molecule has 1 aromatic rings. The third kappa shape index (κ3) is 5.83. The standard InChI is InChI=1S/C14H25BrN2S/c1-3-4-5-6-7-13(9-16)17(2)10-14-8-12(15)11-18-14/h8,11,13H,3-7,9-10,16H2,1-2H3. The third-order valence-electron chi connectivity index (χ3n) is 3.31. The molecule has 2 nitrogen and oxygen atoms in total. The molecule has 2 N–H and O–H groups in total. The Balaban J connectivity index is 2.34. The number of unbranched alkanes of at least 4 members (excludes halogenated alkanes) is 3. The summed E-state index contributed by atoms with van der Waals surface area (Å²) in [5.74, 6) is 0. The highest BCUT2D eigenvalue weighted by Crippen LogP contribution is 2.22. The number of nitrogens with zero attached hydrogens (tertiary/aromatic N) is 1. The quantitative estimate of drug-likeness (QED) is 0.685. The van der Waals surface area contributed by atoms with E-state index in [4.69, 9.17) is 5.73 Å². The molecular weight excluding hydrogens is 308 g/mol. The van der Waals surface area contributed by atoms with Gasteiger partial charge in [0.25, 0.3) is 0 Å². The van der Waals surface area contributed by atoms with Crippen molar-refractivity contribution in [3.63, 3.8) is 0 Å². The molecule has 4 heteroatoms. The minimum absolute atomic E-state index is 0.516. The Hall–Kier alpha value is 0.1000. The molecule has 0 fully saturated rings. The third-order valence-corrected chi connectivity index (χ3v) is 5.00. The van der Waals surface area contributed by atoms with Gasteiger partial charge in [0, 0.05) is 33.9 Å². The molecule has 0 aromatic carbocycles. The van der Waals surface area contributed by atoms with E-state index in [2.05, 4.69) is 46.2 Å². The first kappa shape index (κ1) is 16.2. The predicted octanol–water partition coefficient (Wildman–Crippen LogP) is 4.24. The average Bonchev–Trinajstić information content (AvgIpc) is 2.75. The van der Waals surface area contributed by atoms with Crippen LogP contribution in [0.5, 0.6) is 0 Å². The van der Waals surface area contributed by atoms with Crippen LogP contribution in [0.15, 0.2) is 15.9 Å². The minimum Gasteiger partial charge on any atom is -0.329 e. The topological polar surface area (TPSA) is 29.3 Å². The Morgan fingerprint density at radius 2 is 2.17 bits per heavy atom. The molecule has 0 amide bonds. The number of hydrogen-bond donors (Lipinski definition) is 1. The molecule has 18 heavy (non-hydrogen) atoms. The highest BCUT2D eigenvalue weighted by Gasteiger charge is 2.13. The van der Waals surface area contributed by atoms with E-state index in [1.807, 2.05) is 11.3 Å². The van der Waals surface area contributed by atoms with Gasteiger partial charge in [0.15, 0.2) is 0 Å². The largest absolute Gasteiger partial charge is 0.329 e. The molecule has 0 aliphatic carbocycles. The molecule has 0 aliphatic heterocycles. The maximum Gasteiger partial charge on any atom is 0.0328 e. The normalized spacial score (nSPS) is 13.2. The average molecular weight is 333 g/mol. The summed E-state index contributed by atoms with van der Waals surface area (Å²) in [6.07, 6.45) is 6.50. The summed E-state index contributed by atoms with van der Waals surface area (Å²) in [5.41, 5.74) is 5.90. The smallest absolute Gasteiger partial charge is 0.0328 e. The van der Waals surface area contributed by atoms with Crippen LogP contribution in [-0.4, -0.2) is 24.5 Å². The van der Waals surface area contributed by atoms with Crippen molar-refractivity contribution in [2.45, 2.75) is 51.6 Å². The zero-order valence-corrected chi connectivity index (χ0v) is 13.9. The van der Waals surface area contributed by atoms with Crippen molar-refractivity contribution in [2.75, 3.05) is 13.6 Å². The molecule has 0 radical (unpaired) electrons. The van der Waals surface area contributed by atoms with Gasteiger partial charge in [-0.15, -0.1) is 11.3 Å². The maximum absolute atomic E-state index is 5.90. The van der Waals surface area contributed by atoms with Crippen LogP contribution in [0.25, 0.3) is 0 Å². The summed E-state index contributed by atoms with van der Waals surface area (Å²) in [5, 5.41) is 2.14. The Bertz CT molecular complexity index is 327. The summed E-state index contributed by atoms with van der Waals surface area (Å²) in [6, 6.07) is 2.72. The Labute approximate surface area is 124 Å². The number of halogens is 1. The second-order valence-electron chi connectivity index (χ2n) is 4.89. The fourth-order valence-corrected chi connectivity index (χ4v) is 3.65. The summed E-state index contributed by atoms with van der Waals surface area (Å²) >= 11 is 5.31. The molecule has 0 spiro atoms. The minimum atomic E-state index is 0.516. The van der Waals surface area contributed by atoms with E-state index in [1.54, 1.807) is 0 Å². The van der Waals surface area contributed by atoms with E-state index in [1.165, 1.54) is 41.5 Å². The van der Waals surface area contributed by atoms with Gasteiger partial charge in [0.2, 0.25) is 0 Å². The van der Waals surface area contributed by atoms with Crippen molar-refractivity contribution in [1.82, 2.24) is 4.90 Å². The van der Waals surface area contributed by atoms with Gasteiger partial charge in [0.1, 0.15) is 0 Å². The molecule has 1 heterocycles. The number of nitrogens with two attached hydrogens (primary N) is 1. The van der Waals surface area contributed by atoms with E-state index in [0.29, 0.717) is 6.04 Å². The predicted molar refractivity (Wildman–Crippen MR) is 85.1 cm³/mol. The summed E-state index contributed by atoms with van der Waals surface area (Å²) in [7, 11) is 2.19. The van der Waals surface area contributed by atoms with E-state index >= 15 is 0 Å². The second-order valence-corrected chi connectivity index (χ2v) is 6.80. The van der Waals surface area contributed by atoms with Crippen LogP contribution in [0.3, 0.4) is 0 Å². The van der Waals surface area contributed by atoms with Gasteiger partial charge in [-0.3, -0.25) is 4.90 Å². The summed E-state index contributed by atoms with van der Waals surface area (Å²) < 4.78 is 1.18. The van der Waals surface area contributed by atoms with Gasteiger partial charge in [-0.25, -0.2) is 0 Å². The number of thiophene rings is 1. The summed E-state index contributed by atoms with van der Waals surface area (Å²) in [4.78, 5) is 3.79. The first-order valence-corrected chi connectivity index (χ1v) is 8.47.